The van der Waals surface area contributed by atoms with Gasteiger partial charge in [-0.2, -0.15) is 0 Å². The molecule has 1 aromatic heterocycles. The number of carbonyl (C=O) groups excluding carboxylic acids is 2. The van der Waals surface area contributed by atoms with Gasteiger partial charge in [0.05, 0.1) is 17.2 Å². The van der Waals surface area contributed by atoms with Gasteiger partial charge >= 0.3 is 5.97 Å². The molecule has 0 unspecified atom stereocenters. The maximum Gasteiger partial charge on any atom is 0.339 e. The minimum atomic E-state index is -0.484. The predicted octanol–water partition coefficient (Wildman–Crippen LogP) is 5.20. The molecule has 0 bridgehead atoms. The van der Waals surface area contributed by atoms with Gasteiger partial charge in [0, 0.05) is 16.9 Å². The summed E-state index contributed by atoms with van der Waals surface area (Å²) in [5.41, 5.74) is 2.77. The molecule has 0 radical (unpaired) electrons. The summed E-state index contributed by atoms with van der Waals surface area (Å²) >= 11 is 6.12. The number of anilines is 1. The van der Waals surface area contributed by atoms with Crippen LogP contribution in [0.2, 0.25) is 5.02 Å². The summed E-state index contributed by atoms with van der Waals surface area (Å²) in [5, 5.41) is 4.23. The minimum absolute atomic E-state index is 0.179. The monoisotopic (exact) mass is 398 g/mol. The molecule has 0 fully saturated rings. The van der Waals surface area contributed by atoms with Crippen molar-refractivity contribution in [3.05, 3.63) is 64.8 Å². The molecule has 6 heteroatoms. The second-order valence-electron chi connectivity index (χ2n) is 6.66. The van der Waals surface area contributed by atoms with Gasteiger partial charge in [-0.15, -0.1) is 0 Å². The van der Waals surface area contributed by atoms with Crippen LogP contribution in [0.5, 0.6) is 0 Å². The van der Waals surface area contributed by atoms with E-state index in [9.17, 15) is 9.59 Å². The number of nitrogens with one attached hydrogen (secondary N) is 1. The molecule has 2 aromatic carbocycles. The molecule has 1 amide bonds. The Morgan fingerprint density at radius 3 is 2.71 bits per heavy atom. The van der Waals surface area contributed by atoms with E-state index in [4.69, 9.17) is 16.3 Å². The Kier molecular flexibility index (Phi) is 6.37. The molecule has 0 saturated carbocycles. The number of hydrogen-bond acceptors (Lipinski definition) is 3. The molecule has 0 atom stereocenters. The van der Waals surface area contributed by atoms with E-state index in [1.807, 2.05) is 42.7 Å². The van der Waals surface area contributed by atoms with Gasteiger partial charge in [-0.1, -0.05) is 43.1 Å². The fraction of sp³-hybridized carbons (Fsp3) is 0.273. The van der Waals surface area contributed by atoms with Crippen molar-refractivity contribution in [2.75, 3.05) is 11.9 Å². The third kappa shape index (κ3) is 4.54. The number of aryl methyl sites for hydroxylation is 1. The molecule has 28 heavy (non-hydrogen) atoms. The average Bonchev–Trinajstić information content (AvgIpc) is 2.99. The number of amides is 1. The van der Waals surface area contributed by atoms with Gasteiger partial charge in [0.1, 0.15) is 6.54 Å². The summed E-state index contributed by atoms with van der Waals surface area (Å²) in [7, 11) is 0. The Labute approximate surface area is 169 Å². The molecule has 0 aliphatic heterocycles. The quantitative estimate of drug-likeness (QED) is 0.439. The fourth-order valence-electron chi connectivity index (χ4n) is 3.05. The number of rotatable bonds is 7. The second kappa shape index (κ2) is 8.93. The lowest BCUT2D eigenvalue weighted by atomic mass is 10.2. The Hall–Kier alpha value is -2.79. The highest BCUT2D eigenvalue weighted by molar-refractivity contribution is 6.33. The Morgan fingerprint density at radius 1 is 1.14 bits per heavy atom. The SMILES string of the molecule is CCCCOC(=O)c1cc(NC(=O)Cn2c(C)cc3ccccc32)ccc1Cl. The second-order valence-corrected chi connectivity index (χ2v) is 7.07. The summed E-state index contributed by atoms with van der Waals surface area (Å²) in [6.45, 7) is 4.52. The first-order chi connectivity index (χ1) is 13.5. The zero-order valence-corrected chi connectivity index (χ0v) is 16.8. The smallest absolute Gasteiger partial charge is 0.339 e. The lowest BCUT2D eigenvalue weighted by Gasteiger charge is -2.11. The molecule has 5 nitrogen and oxygen atoms in total. The van der Waals surface area contributed by atoms with Crippen LogP contribution >= 0.6 is 11.6 Å². The summed E-state index contributed by atoms with van der Waals surface area (Å²) < 4.78 is 7.18. The van der Waals surface area contributed by atoms with E-state index in [1.54, 1.807) is 18.2 Å². The molecular weight excluding hydrogens is 376 g/mol. The van der Waals surface area contributed by atoms with Crippen molar-refractivity contribution in [1.29, 1.82) is 0 Å². The third-order valence-corrected chi connectivity index (χ3v) is 4.85. The molecule has 3 aromatic rings. The topological polar surface area (TPSA) is 60.3 Å². The van der Waals surface area contributed by atoms with Gasteiger partial charge in [0.2, 0.25) is 5.91 Å². The van der Waals surface area contributed by atoms with E-state index in [-0.39, 0.29) is 18.0 Å². The number of halogens is 1. The van der Waals surface area contributed by atoms with Crippen LogP contribution < -0.4 is 5.32 Å². The number of hydrogen-bond donors (Lipinski definition) is 1. The van der Waals surface area contributed by atoms with Crippen molar-refractivity contribution < 1.29 is 14.3 Å². The van der Waals surface area contributed by atoms with E-state index in [2.05, 4.69) is 11.4 Å². The van der Waals surface area contributed by atoms with Crippen LogP contribution in [-0.2, 0) is 16.1 Å². The molecule has 1 heterocycles. The number of esters is 1. The highest BCUT2D eigenvalue weighted by Gasteiger charge is 2.15. The number of aromatic nitrogens is 1. The number of carbonyl (C=O) groups is 2. The third-order valence-electron chi connectivity index (χ3n) is 4.52. The first-order valence-electron chi connectivity index (χ1n) is 9.31. The van der Waals surface area contributed by atoms with Gasteiger partial charge in [0.25, 0.3) is 0 Å². The minimum Gasteiger partial charge on any atom is -0.462 e. The fourth-order valence-corrected chi connectivity index (χ4v) is 3.24. The van der Waals surface area contributed by atoms with Gasteiger partial charge in [-0.3, -0.25) is 4.79 Å². The van der Waals surface area contributed by atoms with Crippen molar-refractivity contribution in [3.63, 3.8) is 0 Å². The first kappa shape index (κ1) is 20.0. The van der Waals surface area contributed by atoms with Crippen molar-refractivity contribution in [2.45, 2.75) is 33.2 Å². The molecule has 0 aliphatic rings. The standard InChI is InChI=1S/C22H23ClN2O3/c1-3-4-11-28-22(27)18-13-17(9-10-19(18)23)24-21(26)14-25-15(2)12-16-7-5-6-8-20(16)25/h5-10,12-13H,3-4,11,14H2,1-2H3,(H,24,26). The number of unbranched alkanes of at least 4 members (excludes halogenated alkanes) is 1. The van der Waals surface area contributed by atoms with Crippen molar-refractivity contribution >= 4 is 40.1 Å². The Morgan fingerprint density at radius 2 is 1.93 bits per heavy atom. The lowest BCUT2D eigenvalue weighted by molar-refractivity contribution is -0.116. The van der Waals surface area contributed by atoms with Crippen LogP contribution in [0.4, 0.5) is 5.69 Å². The summed E-state index contributed by atoms with van der Waals surface area (Å²) in [6, 6.07) is 14.8. The maximum atomic E-state index is 12.6. The van der Waals surface area contributed by atoms with Crippen molar-refractivity contribution in [2.24, 2.45) is 0 Å². The molecule has 1 N–H and O–H groups in total. The first-order valence-corrected chi connectivity index (χ1v) is 9.68. The largest absolute Gasteiger partial charge is 0.462 e. The van der Waals surface area contributed by atoms with Crippen molar-refractivity contribution in [1.82, 2.24) is 4.57 Å². The van der Waals surface area contributed by atoms with Crippen LogP contribution in [0.3, 0.4) is 0 Å². The lowest BCUT2D eigenvalue weighted by Crippen LogP contribution is -2.19. The summed E-state index contributed by atoms with van der Waals surface area (Å²) in [6.07, 6.45) is 1.73. The van der Waals surface area contributed by atoms with Gasteiger partial charge in [0.15, 0.2) is 0 Å². The van der Waals surface area contributed by atoms with E-state index >= 15 is 0 Å². The number of benzene rings is 2. The normalized spacial score (nSPS) is 10.8. The molecule has 3 rings (SSSR count). The molecule has 0 saturated heterocycles. The molecular formula is C22H23ClN2O3. The highest BCUT2D eigenvalue weighted by Crippen LogP contribution is 2.23. The number of fused-ring (bicyclic) bond motifs is 1. The molecule has 0 aliphatic carbocycles. The van der Waals surface area contributed by atoms with Crippen LogP contribution in [-0.4, -0.2) is 23.1 Å². The van der Waals surface area contributed by atoms with Gasteiger partial charge < -0.3 is 14.6 Å². The van der Waals surface area contributed by atoms with E-state index in [0.717, 1.165) is 29.4 Å². The van der Waals surface area contributed by atoms with E-state index in [1.165, 1.54) is 0 Å². The van der Waals surface area contributed by atoms with Crippen LogP contribution in [0, 0.1) is 6.92 Å². The van der Waals surface area contributed by atoms with Crippen molar-refractivity contribution in [3.8, 4) is 0 Å². The van der Waals surface area contributed by atoms with Crippen LogP contribution in [0.1, 0.15) is 35.8 Å². The zero-order chi connectivity index (χ0) is 20.1. The molecule has 146 valence electrons. The highest BCUT2D eigenvalue weighted by atomic mass is 35.5. The number of nitrogens with zero attached hydrogens (tertiary/aromatic N) is 1. The molecule has 0 spiro atoms. The van der Waals surface area contributed by atoms with E-state index in [0.29, 0.717) is 17.3 Å². The predicted molar refractivity (Wildman–Crippen MR) is 112 cm³/mol. The van der Waals surface area contributed by atoms with Gasteiger partial charge in [-0.25, -0.2) is 4.79 Å². The van der Waals surface area contributed by atoms with E-state index < -0.39 is 5.97 Å². The maximum absolute atomic E-state index is 12.6. The Bertz CT molecular complexity index is 1010. The zero-order valence-electron chi connectivity index (χ0n) is 16.0. The van der Waals surface area contributed by atoms with Crippen LogP contribution in [0.25, 0.3) is 10.9 Å². The average molecular weight is 399 g/mol. The summed E-state index contributed by atoms with van der Waals surface area (Å²) in [4.78, 5) is 24.8. The van der Waals surface area contributed by atoms with Gasteiger partial charge in [-0.05, 0) is 49.1 Å². The summed E-state index contributed by atoms with van der Waals surface area (Å²) in [5.74, 6) is -0.668. The Balaban J connectivity index is 1.72. The van der Waals surface area contributed by atoms with Crippen LogP contribution in [0.15, 0.2) is 48.5 Å². The number of para-hydroxylation sites is 1. The number of ether oxygens (including phenoxy) is 1.